The number of hydrogen-bond donors (Lipinski definition) is 0. The molecule has 26 heavy (non-hydrogen) atoms. The molecule has 0 unspecified atom stereocenters. The molecule has 0 saturated carbocycles. The Morgan fingerprint density at radius 1 is 0.692 bits per heavy atom. The average Bonchev–Trinajstić information content (AvgIpc) is 2.72. The minimum absolute atomic E-state index is 0.152. The van der Waals surface area contributed by atoms with E-state index in [1.165, 1.54) is 0 Å². The summed E-state index contributed by atoms with van der Waals surface area (Å²) in [6.07, 6.45) is 5.31. The third-order valence-corrected chi connectivity index (χ3v) is 3.70. The third-order valence-electron chi connectivity index (χ3n) is 3.70. The van der Waals surface area contributed by atoms with E-state index >= 15 is 0 Å². The molecule has 0 aliphatic heterocycles. The molecule has 0 spiro atoms. The van der Waals surface area contributed by atoms with Crippen molar-refractivity contribution in [1.29, 1.82) is 0 Å². The van der Waals surface area contributed by atoms with E-state index in [1.54, 1.807) is 24.4 Å². The first-order valence-electron chi connectivity index (χ1n) is 8.32. The first-order valence-corrected chi connectivity index (χ1v) is 8.32. The molecule has 0 heterocycles. The van der Waals surface area contributed by atoms with Gasteiger partial charge in [-0.15, -0.1) is 5.10 Å². The fraction of sp³-hybridized carbons (Fsp3) is 0. The molecule has 3 rings (SSSR count). The van der Waals surface area contributed by atoms with Gasteiger partial charge in [-0.25, -0.2) is 0 Å². The highest BCUT2D eigenvalue weighted by Crippen LogP contribution is 2.09. The van der Waals surface area contributed by atoms with E-state index in [0.717, 1.165) is 11.1 Å². The van der Waals surface area contributed by atoms with Gasteiger partial charge >= 0.3 is 0 Å². The Hall–Kier alpha value is -3.59. The molecule has 0 aliphatic rings. The van der Waals surface area contributed by atoms with Crippen LogP contribution in [0.2, 0.25) is 0 Å². The third kappa shape index (κ3) is 4.71. The number of carbonyl (C=O) groups excluding carboxylic acids is 1. The summed E-state index contributed by atoms with van der Waals surface area (Å²) in [4.78, 5) is 12.8. The largest absolute Gasteiger partial charge is 0.287 e. The lowest BCUT2D eigenvalue weighted by atomic mass is 10.0. The second-order valence-electron chi connectivity index (χ2n) is 5.54. The number of hydrogen-bond acceptors (Lipinski definition) is 3. The number of carbonyl (C=O) groups is 1. The van der Waals surface area contributed by atoms with Crippen molar-refractivity contribution in [3.63, 3.8) is 0 Å². The molecular formula is C23H18N2O. The second-order valence-corrected chi connectivity index (χ2v) is 5.54. The van der Waals surface area contributed by atoms with E-state index in [4.69, 9.17) is 0 Å². The summed E-state index contributed by atoms with van der Waals surface area (Å²) in [5.41, 5.74) is 2.73. The molecule has 0 radical (unpaired) electrons. The summed E-state index contributed by atoms with van der Waals surface area (Å²) in [5.74, 6) is -0.152. The predicted molar refractivity (Wildman–Crippen MR) is 108 cm³/mol. The highest BCUT2D eigenvalue weighted by atomic mass is 16.1. The van der Waals surface area contributed by atoms with Gasteiger partial charge in [0, 0.05) is 17.3 Å². The van der Waals surface area contributed by atoms with Crippen LogP contribution in [0.1, 0.15) is 21.5 Å². The predicted octanol–water partition coefficient (Wildman–Crippen LogP) is 5.06. The van der Waals surface area contributed by atoms with E-state index in [1.807, 2.05) is 84.9 Å². The second kappa shape index (κ2) is 9.04. The molecule has 0 atom stereocenters. The molecule has 3 aromatic rings. The van der Waals surface area contributed by atoms with Crippen LogP contribution in [-0.2, 0) is 0 Å². The fourth-order valence-electron chi connectivity index (χ4n) is 2.40. The molecular weight excluding hydrogens is 320 g/mol. The summed E-state index contributed by atoms with van der Waals surface area (Å²) in [6.45, 7) is 0. The Bertz CT molecular complexity index is 928. The molecule has 0 fully saturated rings. The van der Waals surface area contributed by atoms with Crippen LogP contribution in [0, 0.1) is 0 Å². The number of Topliss-reactive ketones (excluding diaryl/α,β-unsaturated/α-hetero) is 1. The first-order chi connectivity index (χ1) is 12.8. The molecule has 0 N–H and O–H groups in total. The van der Waals surface area contributed by atoms with Crippen molar-refractivity contribution in [2.75, 3.05) is 0 Å². The molecule has 3 aromatic carbocycles. The highest BCUT2D eigenvalue weighted by Gasteiger charge is 2.15. The molecule has 0 aliphatic carbocycles. The monoisotopic (exact) mass is 338 g/mol. The normalized spacial score (nSPS) is 11.9. The van der Waals surface area contributed by atoms with Gasteiger partial charge in [0.15, 0.2) is 0 Å². The number of allylic oxidation sites excluding steroid dienone is 1. The van der Waals surface area contributed by atoms with Crippen LogP contribution in [0.3, 0.4) is 0 Å². The van der Waals surface area contributed by atoms with Gasteiger partial charge in [0.1, 0.15) is 5.71 Å². The number of rotatable bonds is 6. The van der Waals surface area contributed by atoms with Crippen molar-refractivity contribution in [2.45, 2.75) is 0 Å². The van der Waals surface area contributed by atoms with Gasteiger partial charge < -0.3 is 0 Å². The van der Waals surface area contributed by atoms with Gasteiger partial charge in [-0.05, 0) is 11.6 Å². The van der Waals surface area contributed by atoms with Gasteiger partial charge in [0.2, 0.25) is 5.78 Å². The van der Waals surface area contributed by atoms with Crippen molar-refractivity contribution in [3.05, 3.63) is 114 Å². The molecule has 0 bridgehead atoms. The van der Waals surface area contributed by atoms with Crippen LogP contribution in [0.5, 0.6) is 0 Å². The zero-order valence-electron chi connectivity index (χ0n) is 14.2. The molecule has 3 nitrogen and oxygen atoms in total. The van der Waals surface area contributed by atoms with Gasteiger partial charge in [-0.1, -0.05) is 97.1 Å². The molecule has 0 saturated heterocycles. The summed E-state index contributed by atoms with van der Waals surface area (Å²) in [7, 11) is 0. The van der Waals surface area contributed by atoms with Crippen LogP contribution in [-0.4, -0.2) is 17.7 Å². The zero-order chi connectivity index (χ0) is 18.0. The maximum atomic E-state index is 12.8. The Morgan fingerprint density at radius 3 is 1.85 bits per heavy atom. The summed E-state index contributed by atoms with van der Waals surface area (Å²) in [5, 5.41) is 8.25. The van der Waals surface area contributed by atoms with Crippen molar-refractivity contribution in [3.8, 4) is 0 Å². The first kappa shape index (κ1) is 17.2. The van der Waals surface area contributed by atoms with Crippen molar-refractivity contribution >= 4 is 23.8 Å². The van der Waals surface area contributed by atoms with Crippen molar-refractivity contribution < 1.29 is 4.79 Å². The SMILES string of the molecule is O=C(/C(=N/N=C/C=C/c1ccccc1)c1ccccc1)c1ccccc1. The number of nitrogens with zero attached hydrogens (tertiary/aromatic N) is 2. The van der Waals surface area contributed by atoms with Gasteiger partial charge in [-0.3, -0.25) is 4.79 Å². The molecule has 126 valence electrons. The standard InChI is InChI=1S/C23H18N2O/c26-23(21-16-8-3-9-17-21)22(20-14-6-2-7-15-20)25-24-18-10-13-19-11-4-1-5-12-19/h1-18H/b13-10+,24-18+,25-22+. The van der Waals surface area contributed by atoms with Crippen molar-refractivity contribution in [2.24, 2.45) is 10.2 Å². The Morgan fingerprint density at radius 2 is 1.23 bits per heavy atom. The van der Waals surface area contributed by atoms with Crippen LogP contribution in [0.15, 0.2) is 107 Å². The Kier molecular flexibility index (Phi) is 5.99. The van der Waals surface area contributed by atoms with E-state index in [9.17, 15) is 4.79 Å². The summed E-state index contributed by atoms with van der Waals surface area (Å²) < 4.78 is 0. The van der Waals surface area contributed by atoms with Crippen LogP contribution in [0.25, 0.3) is 6.08 Å². The molecule has 0 amide bonds. The molecule has 3 heteroatoms. The lowest BCUT2D eigenvalue weighted by molar-refractivity contribution is 0.106. The van der Waals surface area contributed by atoms with Crippen molar-refractivity contribution in [1.82, 2.24) is 0 Å². The average molecular weight is 338 g/mol. The van der Waals surface area contributed by atoms with Crippen LogP contribution < -0.4 is 0 Å². The highest BCUT2D eigenvalue weighted by molar-refractivity contribution is 6.51. The van der Waals surface area contributed by atoms with E-state index < -0.39 is 0 Å². The summed E-state index contributed by atoms with van der Waals surface area (Å²) in [6, 6.07) is 28.4. The van der Waals surface area contributed by atoms with Crippen LogP contribution in [0.4, 0.5) is 0 Å². The summed E-state index contributed by atoms with van der Waals surface area (Å²) >= 11 is 0. The maximum absolute atomic E-state index is 12.8. The van der Waals surface area contributed by atoms with E-state index in [2.05, 4.69) is 10.2 Å². The number of benzene rings is 3. The van der Waals surface area contributed by atoms with E-state index in [-0.39, 0.29) is 5.78 Å². The Labute approximate surface area is 153 Å². The quantitative estimate of drug-likeness (QED) is 0.352. The van der Waals surface area contributed by atoms with Gasteiger partial charge in [0.05, 0.1) is 0 Å². The van der Waals surface area contributed by atoms with Crippen LogP contribution >= 0.6 is 0 Å². The maximum Gasteiger partial charge on any atom is 0.213 e. The zero-order valence-corrected chi connectivity index (χ0v) is 14.2. The lowest BCUT2D eigenvalue weighted by Crippen LogP contribution is -2.15. The molecule has 0 aromatic heterocycles. The smallest absolute Gasteiger partial charge is 0.213 e. The Balaban J connectivity index is 1.84. The van der Waals surface area contributed by atoms with E-state index in [0.29, 0.717) is 11.3 Å². The fourth-order valence-corrected chi connectivity index (χ4v) is 2.40. The van der Waals surface area contributed by atoms with Gasteiger partial charge in [-0.2, -0.15) is 5.10 Å². The van der Waals surface area contributed by atoms with Gasteiger partial charge in [0.25, 0.3) is 0 Å². The number of ketones is 1. The minimum atomic E-state index is -0.152. The minimum Gasteiger partial charge on any atom is -0.287 e. The lowest BCUT2D eigenvalue weighted by Gasteiger charge is -2.04. The topological polar surface area (TPSA) is 41.8 Å².